The van der Waals surface area contributed by atoms with Gasteiger partial charge in [-0.2, -0.15) is 0 Å². The standard InChI is InChI=1S/C19H19F2NO2/c1-2-3-12-24-16-7-4-14(5-8-16)19(23)10-11-22-15-6-9-17(20)18(21)13-15/h4-11,13,22H,2-3,12H2,1H3/b11-10+. The van der Waals surface area contributed by atoms with Gasteiger partial charge < -0.3 is 10.1 Å². The highest BCUT2D eigenvalue weighted by atomic mass is 19.2. The average molecular weight is 331 g/mol. The first kappa shape index (κ1) is 17.7. The van der Waals surface area contributed by atoms with Crippen molar-refractivity contribution in [3.05, 3.63) is 71.9 Å². The maximum absolute atomic E-state index is 13.1. The van der Waals surface area contributed by atoms with Crippen LogP contribution < -0.4 is 10.1 Å². The van der Waals surface area contributed by atoms with Gasteiger partial charge in [0.15, 0.2) is 17.4 Å². The highest BCUT2D eigenvalue weighted by molar-refractivity contribution is 6.04. The predicted molar refractivity (Wildman–Crippen MR) is 90.3 cm³/mol. The number of benzene rings is 2. The molecule has 0 radical (unpaired) electrons. The number of unbranched alkanes of at least 4 members (excludes halogenated alkanes) is 1. The molecule has 5 heteroatoms. The van der Waals surface area contributed by atoms with E-state index in [0.29, 0.717) is 17.9 Å². The second-order valence-corrected chi connectivity index (χ2v) is 5.20. The molecule has 1 N–H and O–H groups in total. The van der Waals surface area contributed by atoms with Gasteiger partial charge in [-0.25, -0.2) is 8.78 Å². The molecule has 0 amide bonds. The van der Waals surface area contributed by atoms with Crippen LogP contribution in [0.4, 0.5) is 14.5 Å². The van der Waals surface area contributed by atoms with Crippen molar-refractivity contribution >= 4 is 11.5 Å². The molecule has 0 aliphatic heterocycles. The lowest BCUT2D eigenvalue weighted by Crippen LogP contribution is -1.99. The van der Waals surface area contributed by atoms with Crippen molar-refractivity contribution in [3.8, 4) is 5.75 Å². The molecule has 24 heavy (non-hydrogen) atoms. The Morgan fingerprint density at radius 1 is 1.12 bits per heavy atom. The number of anilines is 1. The summed E-state index contributed by atoms with van der Waals surface area (Å²) in [7, 11) is 0. The van der Waals surface area contributed by atoms with Crippen molar-refractivity contribution in [1.29, 1.82) is 0 Å². The monoisotopic (exact) mass is 331 g/mol. The summed E-state index contributed by atoms with van der Waals surface area (Å²) in [4.78, 5) is 12.0. The fourth-order valence-electron chi connectivity index (χ4n) is 1.95. The molecule has 2 aromatic rings. The Balaban J connectivity index is 1.90. The van der Waals surface area contributed by atoms with Gasteiger partial charge in [0.1, 0.15) is 5.75 Å². The van der Waals surface area contributed by atoms with E-state index < -0.39 is 11.6 Å². The van der Waals surface area contributed by atoms with Crippen LogP contribution >= 0.6 is 0 Å². The highest BCUT2D eigenvalue weighted by Crippen LogP contribution is 2.15. The quantitative estimate of drug-likeness (QED) is 0.422. The van der Waals surface area contributed by atoms with Gasteiger partial charge in [-0.05, 0) is 42.8 Å². The SMILES string of the molecule is CCCCOc1ccc(C(=O)/C=C/Nc2ccc(F)c(F)c2)cc1. The lowest BCUT2D eigenvalue weighted by molar-refractivity contribution is 0.104. The zero-order chi connectivity index (χ0) is 17.4. The Labute approximate surface area is 140 Å². The lowest BCUT2D eigenvalue weighted by Gasteiger charge is -2.05. The molecule has 0 aromatic heterocycles. The number of rotatable bonds is 8. The van der Waals surface area contributed by atoms with E-state index in [2.05, 4.69) is 12.2 Å². The number of ether oxygens (including phenoxy) is 1. The van der Waals surface area contributed by atoms with E-state index in [4.69, 9.17) is 4.74 Å². The molecular weight excluding hydrogens is 312 g/mol. The largest absolute Gasteiger partial charge is 0.494 e. The van der Waals surface area contributed by atoms with Crippen LogP contribution in [0.2, 0.25) is 0 Å². The Morgan fingerprint density at radius 2 is 1.88 bits per heavy atom. The van der Waals surface area contributed by atoms with Gasteiger partial charge in [0.2, 0.25) is 0 Å². The molecule has 2 aromatic carbocycles. The molecule has 3 nitrogen and oxygen atoms in total. The second kappa shape index (κ2) is 8.82. The summed E-state index contributed by atoms with van der Waals surface area (Å²) in [6, 6.07) is 10.3. The van der Waals surface area contributed by atoms with Crippen molar-refractivity contribution in [1.82, 2.24) is 0 Å². The first-order valence-corrected chi connectivity index (χ1v) is 7.75. The van der Waals surface area contributed by atoms with Crippen LogP contribution in [-0.2, 0) is 0 Å². The van der Waals surface area contributed by atoms with Crippen LogP contribution in [0.3, 0.4) is 0 Å². The average Bonchev–Trinajstić information content (AvgIpc) is 2.59. The van der Waals surface area contributed by atoms with Gasteiger partial charge >= 0.3 is 0 Å². The maximum Gasteiger partial charge on any atom is 0.187 e. The number of nitrogens with one attached hydrogen (secondary N) is 1. The minimum absolute atomic E-state index is 0.204. The summed E-state index contributed by atoms with van der Waals surface area (Å²) in [6.45, 7) is 2.74. The Bertz CT molecular complexity index is 712. The summed E-state index contributed by atoms with van der Waals surface area (Å²) >= 11 is 0. The smallest absolute Gasteiger partial charge is 0.187 e. The van der Waals surface area contributed by atoms with Gasteiger partial charge in [-0.15, -0.1) is 0 Å². The van der Waals surface area contributed by atoms with E-state index in [-0.39, 0.29) is 5.78 Å². The van der Waals surface area contributed by atoms with Crippen molar-refractivity contribution in [2.75, 3.05) is 11.9 Å². The van der Waals surface area contributed by atoms with Gasteiger partial charge in [0.05, 0.1) is 6.61 Å². The summed E-state index contributed by atoms with van der Waals surface area (Å²) in [5.74, 6) is -1.34. The number of carbonyl (C=O) groups excluding carboxylic acids is 1. The van der Waals surface area contributed by atoms with Crippen molar-refractivity contribution in [2.24, 2.45) is 0 Å². The van der Waals surface area contributed by atoms with Crippen LogP contribution in [0.25, 0.3) is 0 Å². The zero-order valence-electron chi connectivity index (χ0n) is 13.4. The summed E-state index contributed by atoms with van der Waals surface area (Å²) in [5, 5.41) is 2.73. The fraction of sp³-hybridized carbons (Fsp3) is 0.211. The molecule has 2 rings (SSSR count). The molecule has 0 atom stereocenters. The number of hydrogen-bond donors (Lipinski definition) is 1. The predicted octanol–water partition coefficient (Wildman–Crippen LogP) is 4.95. The zero-order valence-corrected chi connectivity index (χ0v) is 13.4. The summed E-state index contributed by atoms with van der Waals surface area (Å²) < 4.78 is 31.4. The van der Waals surface area contributed by atoms with Gasteiger partial charge in [-0.1, -0.05) is 13.3 Å². The van der Waals surface area contributed by atoms with Crippen LogP contribution in [0.5, 0.6) is 5.75 Å². The number of hydrogen-bond acceptors (Lipinski definition) is 3. The molecule has 0 unspecified atom stereocenters. The van der Waals surface area contributed by atoms with E-state index in [0.717, 1.165) is 30.7 Å². The molecule has 0 aliphatic rings. The van der Waals surface area contributed by atoms with E-state index in [9.17, 15) is 13.6 Å². The fourth-order valence-corrected chi connectivity index (χ4v) is 1.95. The summed E-state index contributed by atoms with van der Waals surface area (Å²) in [5.41, 5.74) is 0.874. The van der Waals surface area contributed by atoms with Crippen molar-refractivity contribution in [3.63, 3.8) is 0 Å². The Kier molecular flexibility index (Phi) is 6.49. The number of carbonyl (C=O) groups is 1. The second-order valence-electron chi connectivity index (χ2n) is 5.20. The first-order valence-electron chi connectivity index (χ1n) is 7.75. The molecular formula is C19H19F2NO2. The number of ketones is 1. The molecule has 0 spiro atoms. The molecule has 0 heterocycles. The van der Waals surface area contributed by atoms with E-state index >= 15 is 0 Å². The molecule has 0 saturated heterocycles. The number of halogens is 2. The maximum atomic E-state index is 13.1. The van der Waals surface area contributed by atoms with Gasteiger partial charge in [-0.3, -0.25) is 4.79 Å². The van der Waals surface area contributed by atoms with Crippen LogP contribution in [0, 0.1) is 11.6 Å². The third-order valence-electron chi connectivity index (χ3n) is 3.31. The Morgan fingerprint density at radius 3 is 2.54 bits per heavy atom. The van der Waals surface area contributed by atoms with Crippen LogP contribution in [-0.4, -0.2) is 12.4 Å². The molecule has 0 fully saturated rings. The van der Waals surface area contributed by atoms with Crippen LogP contribution in [0.15, 0.2) is 54.7 Å². The van der Waals surface area contributed by atoms with Gasteiger partial charge in [0.25, 0.3) is 0 Å². The normalized spacial score (nSPS) is 10.8. The third kappa shape index (κ3) is 5.19. The first-order chi connectivity index (χ1) is 11.6. The summed E-state index contributed by atoms with van der Waals surface area (Å²) in [6.07, 6.45) is 4.76. The highest BCUT2D eigenvalue weighted by Gasteiger charge is 2.03. The van der Waals surface area contributed by atoms with E-state index in [1.165, 1.54) is 18.3 Å². The van der Waals surface area contributed by atoms with Crippen molar-refractivity contribution in [2.45, 2.75) is 19.8 Å². The molecule has 0 aliphatic carbocycles. The van der Waals surface area contributed by atoms with Crippen LogP contribution in [0.1, 0.15) is 30.1 Å². The molecule has 0 bridgehead atoms. The minimum Gasteiger partial charge on any atom is -0.494 e. The van der Waals surface area contributed by atoms with E-state index in [1.54, 1.807) is 24.3 Å². The molecule has 126 valence electrons. The number of allylic oxidation sites excluding steroid dienone is 1. The van der Waals surface area contributed by atoms with E-state index in [1.807, 2.05) is 0 Å². The third-order valence-corrected chi connectivity index (χ3v) is 3.31. The Hall–Kier alpha value is -2.69. The molecule has 0 saturated carbocycles. The topological polar surface area (TPSA) is 38.3 Å². The van der Waals surface area contributed by atoms with Crippen molar-refractivity contribution < 1.29 is 18.3 Å². The lowest BCUT2D eigenvalue weighted by atomic mass is 10.1. The minimum atomic E-state index is -0.946. The van der Waals surface area contributed by atoms with Gasteiger partial charge in [0, 0.05) is 29.6 Å².